The number of benzene rings is 2. The molecule has 1 saturated heterocycles. The number of nitrogens with zero attached hydrogens (tertiary/aromatic N) is 3. The number of carbonyl (C=O) groups excluding carboxylic acids is 2. The lowest BCUT2D eigenvalue weighted by Crippen LogP contribution is -2.38. The molecule has 3 aromatic rings. The van der Waals surface area contributed by atoms with Crippen LogP contribution in [0.4, 0.5) is 10.1 Å². The Balaban J connectivity index is 1.29. The van der Waals surface area contributed by atoms with Crippen LogP contribution in [-0.4, -0.2) is 59.3 Å². The van der Waals surface area contributed by atoms with Crippen molar-refractivity contribution in [2.24, 2.45) is 0 Å². The Morgan fingerprint density at radius 3 is 2.55 bits per heavy atom. The van der Waals surface area contributed by atoms with Gasteiger partial charge in [-0.05, 0) is 37.6 Å². The van der Waals surface area contributed by atoms with E-state index >= 15 is 0 Å². The van der Waals surface area contributed by atoms with Crippen LogP contribution in [0.15, 0.2) is 54.6 Å². The number of carbonyl (C=O) groups is 2. The molecule has 0 aliphatic carbocycles. The first kappa shape index (κ1) is 23.1. The van der Waals surface area contributed by atoms with Crippen molar-refractivity contribution in [1.29, 1.82) is 0 Å². The van der Waals surface area contributed by atoms with E-state index in [1.54, 1.807) is 23.5 Å². The lowest BCUT2D eigenvalue weighted by molar-refractivity contribution is -0.130. The average Bonchev–Trinajstić information content (AvgIpc) is 3.02. The molecule has 0 radical (unpaired) electrons. The van der Waals surface area contributed by atoms with E-state index in [1.807, 2.05) is 47.1 Å². The molecular weight excluding hydrogens is 439 g/mol. The minimum atomic E-state index is -0.339. The molecule has 2 aromatic carbocycles. The van der Waals surface area contributed by atoms with Crippen molar-refractivity contribution in [1.82, 2.24) is 14.8 Å². The van der Waals surface area contributed by atoms with Gasteiger partial charge in [-0.1, -0.05) is 30.3 Å². The highest BCUT2D eigenvalue weighted by Crippen LogP contribution is 2.28. The zero-order valence-corrected chi connectivity index (χ0v) is 19.4. The van der Waals surface area contributed by atoms with Crippen LogP contribution >= 0.6 is 11.3 Å². The Hall–Kier alpha value is -3.10. The van der Waals surface area contributed by atoms with E-state index in [4.69, 9.17) is 4.98 Å². The molecule has 0 unspecified atom stereocenters. The van der Waals surface area contributed by atoms with Crippen molar-refractivity contribution < 1.29 is 14.0 Å². The van der Waals surface area contributed by atoms with E-state index in [2.05, 4.69) is 5.32 Å². The summed E-state index contributed by atoms with van der Waals surface area (Å²) >= 11 is 1.61. The fraction of sp³-hybridized carbons (Fsp3) is 0.320. The molecule has 1 aromatic heterocycles. The SMILES string of the molecule is Cc1sc(-c2ccccc2)nc1CC(=O)N1CCCN(CC(=O)Nc2ccc(F)cc2)CC1. The minimum Gasteiger partial charge on any atom is -0.341 e. The summed E-state index contributed by atoms with van der Waals surface area (Å²) in [7, 11) is 0. The number of thiazole rings is 1. The highest BCUT2D eigenvalue weighted by Gasteiger charge is 2.22. The fourth-order valence-corrected chi connectivity index (χ4v) is 4.80. The average molecular weight is 467 g/mol. The third-order valence-electron chi connectivity index (χ3n) is 5.67. The van der Waals surface area contributed by atoms with Crippen molar-refractivity contribution in [2.75, 3.05) is 38.0 Å². The second-order valence-corrected chi connectivity index (χ2v) is 9.33. The van der Waals surface area contributed by atoms with Gasteiger partial charge < -0.3 is 10.2 Å². The molecule has 2 heterocycles. The Kier molecular flexibility index (Phi) is 7.47. The van der Waals surface area contributed by atoms with Gasteiger partial charge >= 0.3 is 0 Å². The van der Waals surface area contributed by atoms with Crippen LogP contribution in [0.5, 0.6) is 0 Å². The largest absolute Gasteiger partial charge is 0.341 e. The molecule has 1 fully saturated rings. The summed E-state index contributed by atoms with van der Waals surface area (Å²) in [5.41, 5.74) is 2.47. The third kappa shape index (κ3) is 6.24. The third-order valence-corrected chi connectivity index (χ3v) is 6.73. The lowest BCUT2D eigenvalue weighted by atomic mass is 10.2. The molecule has 33 heavy (non-hydrogen) atoms. The van der Waals surface area contributed by atoms with Gasteiger partial charge in [-0.15, -0.1) is 11.3 Å². The lowest BCUT2D eigenvalue weighted by Gasteiger charge is -2.21. The number of halogens is 1. The molecule has 4 rings (SSSR count). The monoisotopic (exact) mass is 466 g/mol. The molecule has 0 bridgehead atoms. The Morgan fingerprint density at radius 1 is 1.03 bits per heavy atom. The predicted molar refractivity (Wildman–Crippen MR) is 129 cm³/mol. The normalized spacial score (nSPS) is 14.7. The summed E-state index contributed by atoms with van der Waals surface area (Å²) in [6.07, 6.45) is 1.10. The van der Waals surface area contributed by atoms with E-state index in [0.717, 1.165) is 34.1 Å². The van der Waals surface area contributed by atoms with Crippen molar-refractivity contribution in [3.63, 3.8) is 0 Å². The second kappa shape index (κ2) is 10.7. The van der Waals surface area contributed by atoms with Gasteiger partial charge in [0.15, 0.2) is 0 Å². The molecule has 0 saturated carbocycles. The summed E-state index contributed by atoms with van der Waals surface area (Å²) < 4.78 is 13.0. The van der Waals surface area contributed by atoms with Gasteiger partial charge in [0.2, 0.25) is 11.8 Å². The van der Waals surface area contributed by atoms with Crippen LogP contribution in [0.3, 0.4) is 0 Å². The van der Waals surface area contributed by atoms with Crippen molar-refractivity contribution in [2.45, 2.75) is 19.8 Å². The van der Waals surface area contributed by atoms with Gasteiger partial charge in [-0.25, -0.2) is 9.37 Å². The van der Waals surface area contributed by atoms with E-state index in [-0.39, 0.29) is 24.2 Å². The Morgan fingerprint density at radius 2 is 1.79 bits per heavy atom. The maximum absolute atomic E-state index is 13.0. The molecule has 0 spiro atoms. The van der Waals surface area contributed by atoms with E-state index in [0.29, 0.717) is 31.7 Å². The summed E-state index contributed by atoms with van der Waals surface area (Å²) in [5, 5.41) is 3.73. The first-order chi connectivity index (χ1) is 16.0. The van der Waals surface area contributed by atoms with Crippen LogP contribution in [0.25, 0.3) is 10.6 Å². The number of amides is 2. The highest BCUT2D eigenvalue weighted by molar-refractivity contribution is 7.15. The molecule has 1 aliphatic rings. The molecule has 2 amide bonds. The second-order valence-electron chi connectivity index (χ2n) is 8.13. The van der Waals surface area contributed by atoms with Crippen LogP contribution in [-0.2, 0) is 16.0 Å². The summed E-state index contributed by atoms with van der Waals surface area (Å²) in [5.74, 6) is -0.414. The number of rotatable bonds is 6. The molecule has 1 aliphatic heterocycles. The van der Waals surface area contributed by atoms with Crippen molar-refractivity contribution >= 4 is 28.8 Å². The standard InChI is InChI=1S/C25H27FN4O2S/c1-18-22(28-25(33-18)19-6-3-2-4-7-19)16-24(32)30-13-5-12-29(14-15-30)17-23(31)27-21-10-8-20(26)9-11-21/h2-4,6-11H,5,12-17H2,1H3,(H,27,31). The predicted octanol–water partition coefficient (Wildman–Crippen LogP) is 3.97. The maximum Gasteiger partial charge on any atom is 0.238 e. The Labute approximate surface area is 197 Å². The van der Waals surface area contributed by atoms with Crippen molar-refractivity contribution in [3.05, 3.63) is 71.0 Å². The van der Waals surface area contributed by atoms with Gasteiger partial charge in [-0.3, -0.25) is 14.5 Å². The summed E-state index contributed by atoms with van der Waals surface area (Å²) in [6, 6.07) is 15.7. The highest BCUT2D eigenvalue weighted by atomic mass is 32.1. The van der Waals surface area contributed by atoms with Gasteiger partial charge in [0.1, 0.15) is 10.8 Å². The maximum atomic E-state index is 13.0. The number of anilines is 1. The van der Waals surface area contributed by atoms with Crippen LogP contribution < -0.4 is 5.32 Å². The first-order valence-electron chi connectivity index (χ1n) is 11.1. The minimum absolute atomic E-state index is 0.0700. The van der Waals surface area contributed by atoms with Crippen molar-refractivity contribution in [3.8, 4) is 10.6 Å². The molecule has 172 valence electrons. The zero-order valence-electron chi connectivity index (χ0n) is 18.6. The van der Waals surface area contributed by atoms with Gasteiger partial charge in [0.25, 0.3) is 0 Å². The number of aromatic nitrogens is 1. The topological polar surface area (TPSA) is 65.5 Å². The number of nitrogens with one attached hydrogen (secondary N) is 1. The smallest absolute Gasteiger partial charge is 0.238 e. The fourth-order valence-electron chi connectivity index (χ4n) is 3.87. The van der Waals surface area contributed by atoms with E-state index < -0.39 is 0 Å². The first-order valence-corrected chi connectivity index (χ1v) is 11.9. The summed E-state index contributed by atoms with van der Waals surface area (Å²) in [4.78, 5) is 35.0. The number of hydrogen-bond donors (Lipinski definition) is 1. The zero-order chi connectivity index (χ0) is 23.2. The quantitative estimate of drug-likeness (QED) is 0.597. The van der Waals surface area contributed by atoms with Crippen LogP contribution in [0.1, 0.15) is 17.0 Å². The number of hydrogen-bond acceptors (Lipinski definition) is 5. The van der Waals surface area contributed by atoms with Gasteiger partial charge in [0.05, 0.1) is 18.7 Å². The van der Waals surface area contributed by atoms with Gasteiger partial charge in [0, 0.05) is 42.3 Å². The molecule has 6 nitrogen and oxygen atoms in total. The summed E-state index contributed by atoms with van der Waals surface area (Å²) in [6.45, 7) is 4.88. The van der Waals surface area contributed by atoms with E-state index in [9.17, 15) is 14.0 Å². The molecule has 0 atom stereocenters. The number of aryl methyl sites for hydroxylation is 1. The molecule has 1 N–H and O–H groups in total. The van der Waals surface area contributed by atoms with Gasteiger partial charge in [-0.2, -0.15) is 0 Å². The van der Waals surface area contributed by atoms with Crippen LogP contribution in [0, 0.1) is 12.7 Å². The molecular formula is C25H27FN4O2S. The molecule has 8 heteroatoms. The van der Waals surface area contributed by atoms with E-state index in [1.165, 1.54) is 12.1 Å². The Bertz CT molecular complexity index is 1100. The van der Waals surface area contributed by atoms with Crippen LogP contribution in [0.2, 0.25) is 0 Å².